The van der Waals surface area contributed by atoms with Gasteiger partial charge in [0.2, 0.25) is 6.39 Å². The van der Waals surface area contributed by atoms with E-state index in [0.29, 0.717) is 11.3 Å². The Labute approximate surface area is 160 Å². The average Bonchev–Trinajstić information content (AvgIpc) is 3.37. The Balaban J connectivity index is 1.16. The van der Waals surface area contributed by atoms with E-state index in [9.17, 15) is 0 Å². The Bertz CT molecular complexity index is 764. The summed E-state index contributed by atoms with van der Waals surface area (Å²) in [6.45, 7) is 4.58. The summed E-state index contributed by atoms with van der Waals surface area (Å²) in [5, 5.41) is 3.97. The summed E-state index contributed by atoms with van der Waals surface area (Å²) >= 11 is 0. The van der Waals surface area contributed by atoms with Crippen LogP contribution in [0.25, 0.3) is 0 Å². The van der Waals surface area contributed by atoms with Crippen LogP contribution >= 0.6 is 0 Å². The third-order valence-corrected chi connectivity index (χ3v) is 6.99. The topological polar surface area (TPSA) is 54.6 Å². The summed E-state index contributed by atoms with van der Waals surface area (Å²) in [7, 11) is 1.78. The molecule has 2 saturated heterocycles. The molecule has 6 heteroatoms. The number of aromatic nitrogens is 2. The van der Waals surface area contributed by atoms with Crippen LogP contribution in [0.2, 0.25) is 0 Å². The number of anilines is 1. The molecular formula is C21H28N4O2. The standard InChI is InChI=1S/C21H28N4O2/c1-26-19-5-3-2-4-18(19)16-7-10-24(11-8-16)17-6-9-21(12-17)13-25(14-21)20-22-15-27-23-20/h2-5,15-17H,6-14H2,1H3. The Morgan fingerprint density at radius 2 is 1.96 bits per heavy atom. The van der Waals surface area contributed by atoms with Gasteiger partial charge in [-0.2, -0.15) is 4.98 Å². The highest BCUT2D eigenvalue weighted by molar-refractivity contribution is 5.37. The summed E-state index contributed by atoms with van der Waals surface area (Å²) < 4.78 is 10.5. The lowest BCUT2D eigenvalue weighted by Gasteiger charge is -2.48. The molecule has 0 radical (unpaired) electrons. The molecule has 2 aromatic rings. The number of para-hydroxylation sites is 1. The Hall–Kier alpha value is -2.08. The fraction of sp³-hybridized carbons (Fsp3) is 0.619. The first-order valence-corrected chi connectivity index (χ1v) is 10.1. The summed E-state index contributed by atoms with van der Waals surface area (Å²) in [6, 6.07) is 9.28. The van der Waals surface area contributed by atoms with E-state index in [1.807, 2.05) is 0 Å². The Kier molecular flexibility index (Phi) is 4.31. The molecule has 0 N–H and O–H groups in total. The minimum atomic E-state index is 0.477. The fourth-order valence-electron chi connectivity index (χ4n) is 5.56. The number of rotatable bonds is 4. The monoisotopic (exact) mass is 368 g/mol. The zero-order valence-electron chi connectivity index (χ0n) is 16.0. The van der Waals surface area contributed by atoms with E-state index >= 15 is 0 Å². The molecule has 1 aromatic carbocycles. The highest BCUT2D eigenvalue weighted by Gasteiger charge is 2.50. The second-order valence-electron chi connectivity index (χ2n) is 8.54. The van der Waals surface area contributed by atoms with Crippen LogP contribution in [0.5, 0.6) is 5.75 Å². The van der Waals surface area contributed by atoms with E-state index in [2.05, 4.69) is 44.2 Å². The van der Waals surface area contributed by atoms with E-state index in [-0.39, 0.29) is 0 Å². The van der Waals surface area contributed by atoms with Gasteiger partial charge < -0.3 is 19.1 Å². The highest BCUT2D eigenvalue weighted by Crippen LogP contribution is 2.48. The summed E-state index contributed by atoms with van der Waals surface area (Å²) in [5.41, 5.74) is 1.86. The van der Waals surface area contributed by atoms with Gasteiger partial charge in [-0.15, -0.1) is 0 Å². The van der Waals surface area contributed by atoms with Crippen LogP contribution in [0.15, 0.2) is 35.2 Å². The quantitative estimate of drug-likeness (QED) is 0.825. The Morgan fingerprint density at radius 3 is 2.70 bits per heavy atom. The van der Waals surface area contributed by atoms with Crippen molar-refractivity contribution < 1.29 is 9.26 Å². The van der Waals surface area contributed by atoms with Gasteiger partial charge >= 0.3 is 0 Å². The smallest absolute Gasteiger partial charge is 0.265 e. The molecule has 1 aromatic heterocycles. The lowest BCUT2D eigenvalue weighted by atomic mass is 9.78. The highest BCUT2D eigenvalue weighted by atomic mass is 16.5. The van der Waals surface area contributed by atoms with Crippen LogP contribution in [0.3, 0.4) is 0 Å². The largest absolute Gasteiger partial charge is 0.496 e. The van der Waals surface area contributed by atoms with Gasteiger partial charge in [0.05, 0.1) is 7.11 Å². The molecule has 1 aliphatic carbocycles. The predicted octanol–water partition coefficient (Wildman–Crippen LogP) is 3.32. The molecule has 2 aliphatic heterocycles. The fourth-order valence-corrected chi connectivity index (χ4v) is 5.56. The molecule has 0 amide bonds. The van der Waals surface area contributed by atoms with Crippen molar-refractivity contribution in [3.05, 3.63) is 36.2 Å². The van der Waals surface area contributed by atoms with Crippen molar-refractivity contribution in [3.63, 3.8) is 0 Å². The molecule has 1 atom stereocenters. The van der Waals surface area contributed by atoms with Crippen molar-refractivity contribution in [1.29, 1.82) is 0 Å². The molecule has 1 spiro atoms. The zero-order valence-corrected chi connectivity index (χ0v) is 16.0. The maximum absolute atomic E-state index is 5.58. The first-order chi connectivity index (χ1) is 13.3. The van der Waals surface area contributed by atoms with E-state index < -0.39 is 0 Å². The van der Waals surface area contributed by atoms with E-state index in [1.165, 1.54) is 57.2 Å². The molecule has 6 nitrogen and oxygen atoms in total. The Morgan fingerprint density at radius 1 is 1.15 bits per heavy atom. The van der Waals surface area contributed by atoms with Crippen LogP contribution < -0.4 is 9.64 Å². The third kappa shape index (κ3) is 3.10. The second kappa shape index (κ2) is 6.82. The first-order valence-electron chi connectivity index (χ1n) is 10.1. The first kappa shape index (κ1) is 17.0. The minimum Gasteiger partial charge on any atom is -0.496 e. The maximum Gasteiger partial charge on any atom is 0.265 e. The minimum absolute atomic E-state index is 0.477. The van der Waals surface area contributed by atoms with Gasteiger partial charge in [-0.05, 0) is 67.9 Å². The molecule has 27 heavy (non-hydrogen) atoms. The van der Waals surface area contributed by atoms with Gasteiger partial charge in [0, 0.05) is 24.5 Å². The van der Waals surface area contributed by atoms with E-state index in [0.717, 1.165) is 30.8 Å². The average molecular weight is 368 g/mol. The number of benzene rings is 1. The van der Waals surface area contributed by atoms with Crippen molar-refractivity contribution in [2.45, 2.75) is 44.1 Å². The van der Waals surface area contributed by atoms with Crippen molar-refractivity contribution in [3.8, 4) is 5.75 Å². The second-order valence-corrected chi connectivity index (χ2v) is 8.54. The van der Waals surface area contributed by atoms with Crippen LogP contribution in [-0.4, -0.2) is 54.4 Å². The van der Waals surface area contributed by atoms with Crippen molar-refractivity contribution in [1.82, 2.24) is 15.0 Å². The van der Waals surface area contributed by atoms with Crippen LogP contribution in [0.4, 0.5) is 5.95 Å². The molecule has 0 bridgehead atoms. The normalized spacial score (nSPS) is 25.7. The lowest BCUT2D eigenvalue weighted by molar-refractivity contribution is 0.131. The van der Waals surface area contributed by atoms with Gasteiger partial charge in [0.1, 0.15) is 5.75 Å². The molecule has 5 rings (SSSR count). The number of nitrogens with zero attached hydrogens (tertiary/aromatic N) is 4. The van der Waals surface area contributed by atoms with Crippen molar-refractivity contribution in [2.75, 3.05) is 38.2 Å². The number of hydrogen-bond acceptors (Lipinski definition) is 6. The summed E-state index contributed by atoms with van der Waals surface area (Å²) in [4.78, 5) is 9.18. The van der Waals surface area contributed by atoms with Gasteiger partial charge in [-0.25, -0.2) is 0 Å². The molecule has 3 aliphatic rings. The van der Waals surface area contributed by atoms with Gasteiger partial charge in [0.25, 0.3) is 5.95 Å². The van der Waals surface area contributed by atoms with E-state index in [4.69, 9.17) is 9.26 Å². The third-order valence-electron chi connectivity index (χ3n) is 6.99. The number of piperidine rings is 1. The van der Waals surface area contributed by atoms with Gasteiger partial charge in [-0.3, -0.25) is 0 Å². The van der Waals surface area contributed by atoms with Gasteiger partial charge in [-0.1, -0.05) is 18.2 Å². The maximum atomic E-state index is 5.58. The lowest BCUT2D eigenvalue weighted by Crippen LogP contribution is -2.56. The molecule has 1 unspecified atom stereocenters. The molecule has 1 saturated carbocycles. The molecule has 3 heterocycles. The molecular weight excluding hydrogens is 340 g/mol. The van der Waals surface area contributed by atoms with Crippen molar-refractivity contribution in [2.24, 2.45) is 5.41 Å². The molecule has 3 fully saturated rings. The SMILES string of the molecule is COc1ccccc1C1CCN(C2CCC3(C2)CN(c2ncon2)C3)CC1. The van der Waals surface area contributed by atoms with Crippen LogP contribution in [0.1, 0.15) is 43.6 Å². The number of likely N-dealkylation sites (tertiary alicyclic amines) is 1. The number of methoxy groups -OCH3 is 1. The van der Waals surface area contributed by atoms with Crippen molar-refractivity contribution >= 4 is 5.95 Å². The zero-order chi connectivity index (χ0) is 18.3. The number of ether oxygens (including phenoxy) is 1. The van der Waals surface area contributed by atoms with Gasteiger partial charge in [0.15, 0.2) is 0 Å². The summed E-state index contributed by atoms with van der Waals surface area (Å²) in [6.07, 6.45) is 7.87. The predicted molar refractivity (Wildman–Crippen MR) is 103 cm³/mol. The van der Waals surface area contributed by atoms with E-state index in [1.54, 1.807) is 7.11 Å². The van der Waals surface area contributed by atoms with Crippen LogP contribution in [-0.2, 0) is 0 Å². The summed E-state index contributed by atoms with van der Waals surface area (Å²) in [5.74, 6) is 2.43. The molecule has 144 valence electrons. The van der Waals surface area contributed by atoms with Crippen LogP contribution in [0, 0.1) is 5.41 Å². The number of hydrogen-bond donors (Lipinski definition) is 0.